The second-order valence-corrected chi connectivity index (χ2v) is 30.2. The molecule has 0 spiro atoms. The van der Waals surface area contributed by atoms with Crippen molar-refractivity contribution in [2.45, 2.75) is 280 Å². The monoisotopic (exact) mass is 1480 g/mol. The van der Waals surface area contributed by atoms with Crippen LogP contribution >= 0.6 is 0 Å². The number of amides is 13. The Labute approximate surface area is 620 Å². The van der Waals surface area contributed by atoms with Crippen molar-refractivity contribution >= 4 is 82.8 Å². The van der Waals surface area contributed by atoms with Crippen LogP contribution < -0.4 is 69.5 Å². The van der Waals surface area contributed by atoms with E-state index in [0.29, 0.717) is 30.7 Å². The summed E-state index contributed by atoms with van der Waals surface area (Å²) in [6.07, 6.45) is 1.02. The van der Waals surface area contributed by atoms with Crippen molar-refractivity contribution in [1.82, 2.24) is 68.7 Å². The molecule has 2 fully saturated rings. The standard InChI is InChI=1S/C75H124N14O16/c1-20-44(16)59(71(100)88-62-47(19)105-75(104)58(43(14)15)84-63(92)49(22-3)77-65(94)51(37-48-30-24-23-25-31-48)79-67(96)55(40(8)9)81-70(99)60(45(17)21-2)86-73(62)102)85-64(93)50(32-27-35-76)78-66(95)52-33-28-36-89(52)74(103)57(42(12)13)83-69(98)56(41(10)11)82-72(101)61(46(18)90)87-68(97)54(39(6)7)80-53(91)34-26-29-38(4)5/h22-25,30-31,38-47,50-52,54-62,90H,20-21,26-29,32-37,76H2,1-19H3,(H,77,94)(H,78,95)(H,79,96)(H,80,91)(H,81,99)(H,82,101)(H,83,98)(H,84,92)(H,85,93)(H,86,102)(H,87,97)(H,88,100)/b49-22-/t44-,45+,46-,47+,50+,51-,52-,54-,55-,56+,57-,58+,59+,60-,61-,62-/m1/s1. The number of aliphatic hydroxyl groups is 1. The fourth-order valence-electron chi connectivity index (χ4n) is 12.1. The summed E-state index contributed by atoms with van der Waals surface area (Å²) in [5.74, 6) is -15.1. The highest BCUT2D eigenvalue weighted by Crippen LogP contribution is 2.23. The number of cyclic esters (lactones) is 1. The lowest BCUT2D eigenvalue weighted by molar-refractivity contribution is -0.157. The molecule has 0 radical (unpaired) electrons. The highest BCUT2D eigenvalue weighted by molar-refractivity contribution is 6.03. The molecule has 30 heteroatoms. The number of carbonyl (C=O) groups is 14. The summed E-state index contributed by atoms with van der Waals surface area (Å²) in [7, 11) is 0. The Morgan fingerprint density at radius 2 is 1.15 bits per heavy atom. The van der Waals surface area contributed by atoms with Crippen LogP contribution in [0, 0.1) is 47.3 Å². The number of nitrogens with two attached hydrogens (primary N) is 1. The Bertz CT molecular complexity index is 3160. The number of hydrogen-bond donors (Lipinski definition) is 14. The molecule has 16 atom stereocenters. The first-order valence-electron chi connectivity index (χ1n) is 37.5. The number of aliphatic hydroxyl groups excluding tert-OH is 1. The highest BCUT2D eigenvalue weighted by atomic mass is 16.5. The zero-order valence-corrected chi connectivity index (χ0v) is 65.2. The number of hydrogen-bond acceptors (Lipinski definition) is 17. The second-order valence-electron chi connectivity index (χ2n) is 30.2. The number of rotatable bonds is 33. The summed E-state index contributed by atoms with van der Waals surface area (Å²) in [5, 5.41) is 43.2. The molecule has 1 aromatic carbocycles. The largest absolute Gasteiger partial charge is 0.458 e. The van der Waals surface area contributed by atoms with Crippen molar-refractivity contribution in [3.63, 3.8) is 0 Å². The molecule has 590 valence electrons. The van der Waals surface area contributed by atoms with Gasteiger partial charge < -0.3 is 84.3 Å². The minimum Gasteiger partial charge on any atom is -0.458 e. The van der Waals surface area contributed by atoms with Crippen LogP contribution in [0.2, 0.25) is 0 Å². The predicted molar refractivity (Wildman–Crippen MR) is 395 cm³/mol. The predicted octanol–water partition coefficient (Wildman–Crippen LogP) is 1.84. The maximum absolute atomic E-state index is 15.0. The minimum absolute atomic E-state index is 0.0355. The summed E-state index contributed by atoms with van der Waals surface area (Å²) < 4.78 is 5.96. The number of likely N-dealkylation sites (tertiary alicyclic amines) is 1. The first-order valence-corrected chi connectivity index (χ1v) is 37.5. The molecule has 0 bridgehead atoms. The Balaban J connectivity index is 2.00. The molecule has 2 heterocycles. The van der Waals surface area contributed by atoms with Crippen LogP contribution in [0.15, 0.2) is 42.1 Å². The number of ether oxygens (including phenoxy) is 1. The fourth-order valence-corrected chi connectivity index (χ4v) is 12.1. The molecule has 15 N–H and O–H groups in total. The third kappa shape index (κ3) is 27.7. The smallest absolute Gasteiger partial charge is 0.329 e. The topological polar surface area (TPSA) is 442 Å². The number of nitrogens with one attached hydrogen (secondary N) is 12. The fraction of sp³-hybridized carbons (Fsp3) is 0.707. The van der Waals surface area contributed by atoms with Crippen LogP contribution in [-0.4, -0.2) is 191 Å². The molecule has 0 aromatic heterocycles. The van der Waals surface area contributed by atoms with E-state index in [4.69, 9.17) is 10.5 Å². The average molecular weight is 1480 g/mol. The van der Waals surface area contributed by atoms with Crippen LogP contribution in [0.3, 0.4) is 0 Å². The van der Waals surface area contributed by atoms with Gasteiger partial charge >= 0.3 is 5.97 Å². The average Bonchev–Trinajstić information content (AvgIpc) is 1.79. The van der Waals surface area contributed by atoms with E-state index in [1.54, 1.807) is 127 Å². The van der Waals surface area contributed by atoms with Crippen molar-refractivity contribution < 1.29 is 77.0 Å². The van der Waals surface area contributed by atoms with E-state index in [2.05, 4.69) is 63.8 Å². The molecule has 13 amide bonds. The van der Waals surface area contributed by atoms with Crippen molar-refractivity contribution in [2.24, 2.45) is 53.1 Å². The van der Waals surface area contributed by atoms with Gasteiger partial charge in [0.15, 0.2) is 0 Å². The maximum Gasteiger partial charge on any atom is 0.329 e. The molecule has 3 rings (SSSR count). The Hall–Kier alpha value is -8.54. The summed E-state index contributed by atoms with van der Waals surface area (Å²) >= 11 is 0. The quantitative estimate of drug-likeness (QED) is 0.0353. The van der Waals surface area contributed by atoms with Crippen molar-refractivity contribution in [3.05, 3.63) is 47.7 Å². The van der Waals surface area contributed by atoms with Gasteiger partial charge in [0.05, 0.1) is 6.10 Å². The number of allylic oxidation sites excluding steroid dienone is 1. The van der Waals surface area contributed by atoms with Gasteiger partial charge in [-0.15, -0.1) is 0 Å². The molecular weight excluding hydrogens is 1350 g/mol. The van der Waals surface area contributed by atoms with E-state index < -0.39 is 203 Å². The van der Waals surface area contributed by atoms with E-state index in [1.807, 2.05) is 13.8 Å². The molecule has 30 nitrogen and oxygen atoms in total. The van der Waals surface area contributed by atoms with E-state index in [-0.39, 0.29) is 63.2 Å². The lowest BCUT2D eigenvalue weighted by Crippen LogP contribution is -2.64. The van der Waals surface area contributed by atoms with E-state index >= 15 is 9.59 Å². The normalized spacial score (nSPS) is 22.6. The zero-order valence-electron chi connectivity index (χ0n) is 65.2. The second kappa shape index (κ2) is 43.8. The minimum atomic E-state index is -1.83. The number of carbonyl (C=O) groups excluding carboxylic acids is 14. The van der Waals surface area contributed by atoms with Gasteiger partial charge in [-0.1, -0.05) is 166 Å². The van der Waals surface area contributed by atoms with Gasteiger partial charge in [0, 0.05) is 19.4 Å². The molecule has 0 unspecified atom stereocenters. The van der Waals surface area contributed by atoms with Crippen LogP contribution in [0.25, 0.3) is 0 Å². The molecule has 2 aliphatic rings. The molecule has 105 heavy (non-hydrogen) atoms. The van der Waals surface area contributed by atoms with Gasteiger partial charge in [0.2, 0.25) is 70.9 Å². The molecule has 0 saturated carbocycles. The van der Waals surface area contributed by atoms with Gasteiger partial charge in [-0.3, -0.25) is 62.3 Å². The molecule has 1 aromatic rings. The third-order valence-corrected chi connectivity index (χ3v) is 19.3. The van der Waals surface area contributed by atoms with Gasteiger partial charge in [0.25, 0.3) is 5.91 Å². The highest BCUT2D eigenvalue weighted by Gasteiger charge is 2.44. The summed E-state index contributed by atoms with van der Waals surface area (Å²) in [4.78, 5) is 202. The van der Waals surface area contributed by atoms with Crippen molar-refractivity contribution in [3.8, 4) is 0 Å². The lowest BCUT2D eigenvalue weighted by atomic mass is 9.95. The number of esters is 1. The third-order valence-electron chi connectivity index (χ3n) is 19.3. The summed E-state index contributed by atoms with van der Waals surface area (Å²) in [6, 6.07) is -7.67. The van der Waals surface area contributed by atoms with E-state index in [9.17, 15) is 62.6 Å². The molecular formula is C75H124N14O16. The Morgan fingerprint density at radius 1 is 0.610 bits per heavy atom. The first kappa shape index (κ1) is 90.7. The molecule has 0 aliphatic carbocycles. The van der Waals surface area contributed by atoms with E-state index in [0.717, 1.165) is 6.42 Å². The number of benzene rings is 1. The van der Waals surface area contributed by atoms with Gasteiger partial charge in [-0.2, -0.15) is 0 Å². The molecule has 2 aliphatic heterocycles. The van der Waals surface area contributed by atoms with Crippen molar-refractivity contribution in [1.29, 1.82) is 0 Å². The molecule has 2 saturated heterocycles. The maximum atomic E-state index is 15.0. The Morgan fingerprint density at radius 3 is 1.69 bits per heavy atom. The van der Waals surface area contributed by atoms with Crippen LogP contribution in [0.4, 0.5) is 0 Å². The summed E-state index contributed by atoms with van der Waals surface area (Å²) in [6.45, 7) is 31.8. The zero-order chi connectivity index (χ0) is 79.4. The van der Waals surface area contributed by atoms with Gasteiger partial charge in [-0.05, 0) is 112 Å². The van der Waals surface area contributed by atoms with Crippen LogP contribution in [0.5, 0.6) is 0 Å². The van der Waals surface area contributed by atoms with Crippen LogP contribution in [0.1, 0.15) is 195 Å². The first-order chi connectivity index (χ1) is 49.2. The van der Waals surface area contributed by atoms with Gasteiger partial charge in [-0.25, -0.2) is 4.79 Å². The van der Waals surface area contributed by atoms with E-state index in [1.165, 1.54) is 31.7 Å². The Kier molecular flexibility index (Phi) is 37.8. The lowest BCUT2D eigenvalue weighted by Gasteiger charge is -2.33. The van der Waals surface area contributed by atoms with Crippen molar-refractivity contribution in [2.75, 3.05) is 13.1 Å². The number of nitrogens with zero attached hydrogens (tertiary/aromatic N) is 1. The van der Waals surface area contributed by atoms with Crippen LogP contribution in [-0.2, 0) is 78.3 Å². The van der Waals surface area contributed by atoms with Gasteiger partial charge in [0.1, 0.15) is 84.3 Å². The SMILES string of the molecule is C/C=C1\NC(=O)[C@@H](Cc2ccccc2)NC(=O)[C@@H](C(C)C)NC(=O)[C@@H]([C@@H](C)CC)NC(=O)[C@H](NC(=O)[C@@H](NC(=O)[C@H](CCCN)NC(=O)[C@H]2CCCN2C(=O)[C@H](NC(=O)[C@@H](NC(=O)[C@H](NC(=O)[C@H](NC(=O)CCCC(C)C)C(C)C)[C@@H](C)O)C(C)C)C(C)C)[C@H](C)CC)[C@H](C)OC(=O)[C@H](C(C)C)NC1=O. The summed E-state index contributed by atoms with van der Waals surface area (Å²) in [5.41, 5.74) is 6.34.